The van der Waals surface area contributed by atoms with E-state index in [9.17, 15) is 55.5 Å². The quantitative estimate of drug-likeness (QED) is 0.0710. The van der Waals surface area contributed by atoms with Crippen LogP contribution in [0.5, 0.6) is 5.75 Å². The van der Waals surface area contributed by atoms with E-state index in [4.69, 9.17) is 9.84 Å². The lowest BCUT2D eigenvalue weighted by molar-refractivity contribution is -0.143. The molecule has 4 saturated heterocycles. The third kappa shape index (κ3) is 9.21. The molecule has 0 radical (unpaired) electrons. The van der Waals surface area contributed by atoms with Crippen molar-refractivity contribution in [3.63, 3.8) is 0 Å². The van der Waals surface area contributed by atoms with Gasteiger partial charge in [-0.2, -0.15) is 17.5 Å². The number of rotatable bonds is 13. The number of ether oxygens (including phenoxy) is 1. The molecule has 0 spiro atoms. The Morgan fingerprint density at radius 2 is 1.57 bits per heavy atom. The number of nitrogens with one attached hydrogen (secondary N) is 3. The molecule has 5 aliphatic rings. The summed E-state index contributed by atoms with van der Waals surface area (Å²) in [6, 6.07) is 20.1. The number of anilines is 3. The molecule has 376 valence electrons. The molecule has 0 aliphatic carbocycles. The molecule has 5 aromatic rings. The molecule has 72 heavy (non-hydrogen) atoms. The Bertz CT molecular complexity index is 3180. The van der Waals surface area contributed by atoms with Crippen LogP contribution in [0.2, 0.25) is 0 Å². The Balaban J connectivity index is 0.760. The van der Waals surface area contributed by atoms with E-state index < -0.39 is 67.8 Å². The van der Waals surface area contributed by atoms with Crippen LogP contribution in [-0.2, 0) is 36.3 Å². The first-order valence-electron chi connectivity index (χ1n) is 23.4. The molecular formula is C50H47F3N6O11S2. The van der Waals surface area contributed by atoms with Crippen LogP contribution in [-0.4, -0.2) is 107 Å². The number of sulfonamides is 1. The van der Waals surface area contributed by atoms with Crippen molar-refractivity contribution in [1.82, 2.24) is 14.5 Å². The minimum atomic E-state index is -5.08. The van der Waals surface area contributed by atoms with Crippen molar-refractivity contribution in [3.05, 3.63) is 106 Å². The second-order valence-electron chi connectivity index (χ2n) is 18.8. The molecule has 4 aromatic carbocycles. The fourth-order valence-corrected chi connectivity index (χ4v) is 14.4. The number of likely N-dealkylation sites (tertiary alicyclic amines) is 1. The van der Waals surface area contributed by atoms with Crippen molar-refractivity contribution in [3.8, 4) is 16.2 Å². The number of carboxylic acids is 2. The van der Waals surface area contributed by atoms with Gasteiger partial charge < -0.3 is 30.5 Å². The molecule has 4 fully saturated rings. The molecule has 1 aromatic heterocycles. The van der Waals surface area contributed by atoms with Gasteiger partial charge in [0.25, 0.3) is 5.91 Å². The number of carbonyl (C=O) groups is 6. The van der Waals surface area contributed by atoms with E-state index in [2.05, 4.69) is 16.0 Å². The predicted molar refractivity (Wildman–Crippen MR) is 259 cm³/mol. The number of thiophene rings is 1. The van der Waals surface area contributed by atoms with Gasteiger partial charge in [-0.15, -0.1) is 11.3 Å². The van der Waals surface area contributed by atoms with Gasteiger partial charge in [-0.1, -0.05) is 42.5 Å². The smallest absolute Gasteiger partial charge is 0.421 e. The summed E-state index contributed by atoms with van der Waals surface area (Å²) in [5.41, 5.74) is 2.19. The zero-order chi connectivity index (χ0) is 50.8. The Kier molecular flexibility index (Phi) is 12.7. The van der Waals surface area contributed by atoms with Crippen LogP contribution in [0.4, 0.5) is 35.0 Å². The van der Waals surface area contributed by atoms with E-state index in [-0.39, 0.29) is 66.0 Å². The van der Waals surface area contributed by atoms with Gasteiger partial charge >= 0.3 is 24.1 Å². The van der Waals surface area contributed by atoms with E-state index in [0.717, 1.165) is 16.3 Å². The minimum absolute atomic E-state index is 0.0319. The average Bonchev–Trinajstić information content (AvgIpc) is 3.97. The SMILES string of the molecule is O=C(O)COc1c(C(=O)O)sc(-c2cccc(NC3CC4CCC(C3)N4S(=O)(=O)Cc3cccc(NC(=O)N4CCC(c5ccc6c7c(cccc57)C(=O)N6C5CCC(=O)NC5=O)CC4)c3)c2)c1C(F)(F)F. The summed E-state index contributed by atoms with van der Waals surface area (Å²) in [4.78, 5) is 76.9. The van der Waals surface area contributed by atoms with Crippen molar-refractivity contribution in [2.75, 3.05) is 35.2 Å². The minimum Gasteiger partial charge on any atom is -0.479 e. The highest BCUT2D eigenvalue weighted by molar-refractivity contribution is 7.88. The normalized spacial score (nSPS) is 21.5. The van der Waals surface area contributed by atoms with Crippen LogP contribution in [0.1, 0.15) is 94.0 Å². The van der Waals surface area contributed by atoms with Gasteiger partial charge in [-0.25, -0.2) is 22.8 Å². The van der Waals surface area contributed by atoms with Crippen molar-refractivity contribution >= 4 is 84.9 Å². The summed E-state index contributed by atoms with van der Waals surface area (Å²) in [5.74, 6) is -5.70. The fourth-order valence-electron chi connectivity index (χ4n) is 11.2. The number of carbonyl (C=O) groups excluding carboxylic acids is 4. The summed E-state index contributed by atoms with van der Waals surface area (Å²) in [7, 11) is -3.85. The van der Waals surface area contributed by atoms with E-state index in [0.29, 0.717) is 91.1 Å². The number of halogens is 3. The fraction of sp³-hybridized carbons (Fsp3) is 0.360. The zero-order valence-electron chi connectivity index (χ0n) is 38.2. The Morgan fingerprint density at radius 3 is 2.26 bits per heavy atom. The van der Waals surface area contributed by atoms with Crippen molar-refractivity contribution in [2.24, 2.45) is 0 Å². The van der Waals surface area contributed by atoms with Gasteiger partial charge in [0.15, 0.2) is 17.2 Å². The molecule has 2 bridgehead atoms. The number of aromatic carboxylic acids is 1. The lowest BCUT2D eigenvalue weighted by Gasteiger charge is -2.38. The zero-order valence-corrected chi connectivity index (χ0v) is 39.9. The molecular weight excluding hydrogens is 982 g/mol. The summed E-state index contributed by atoms with van der Waals surface area (Å²) >= 11 is 0.327. The number of hydrogen-bond donors (Lipinski definition) is 5. The second-order valence-corrected chi connectivity index (χ2v) is 21.6. The first-order chi connectivity index (χ1) is 34.3. The van der Waals surface area contributed by atoms with E-state index in [1.54, 1.807) is 45.6 Å². The van der Waals surface area contributed by atoms with E-state index in [1.165, 1.54) is 23.1 Å². The van der Waals surface area contributed by atoms with Gasteiger partial charge in [0, 0.05) is 60.0 Å². The number of piperidine rings is 3. The van der Waals surface area contributed by atoms with E-state index in [1.807, 2.05) is 24.3 Å². The standard InChI is InChI=1S/C50H47F3N6O11S2/c51-50(52,53)42-43(70-24-40(61)62)45(48(65)66)71-44(42)28-5-2-7-30(21-28)54-31-22-32-10-11-33(23-31)59(32)72(68,69)25-26-4-1-6-29(20-26)55-49(67)57-18-16-27(17-19-57)34-12-13-37-41-35(34)8-3-9-36(41)47(64)58(37)38-14-15-39(60)56-46(38)63/h1-9,12-13,20-21,27,31-33,38,54H,10-11,14-19,22-25H2,(H,55,67)(H,61,62)(H,65,66)(H,56,60,63). The van der Waals surface area contributed by atoms with Gasteiger partial charge in [0.05, 0.1) is 16.3 Å². The second kappa shape index (κ2) is 18.9. The molecule has 17 nitrogen and oxygen atoms in total. The van der Waals surface area contributed by atoms with Crippen LogP contribution < -0.4 is 25.6 Å². The van der Waals surface area contributed by atoms with Crippen LogP contribution in [0.15, 0.2) is 78.9 Å². The molecule has 3 atom stereocenters. The maximum absolute atomic E-state index is 14.4. The van der Waals surface area contributed by atoms with Crippen LogP contribution in [0, 0.1) is 0 Å². The third-order valence-electron chi connectivity index (χ3n) is 14.2. The van der Waals surface area contributed by atoms with Crippen LogP contribution in [0.3, 0.4) is 0 Å². The lowest BCUT2D eigenvalue weighted by atomic mass is 9.85. The Labute approximate surface area is 414 Å². The Morgan fingerprint density at radius 1 is 0.861 bits per heavy atom. The first-order valence-corrected chi connectivity index (χ1v) is 25.8. The number of benzene rings is 4. The molecule has 5 N–H and O–H groups in total. The number of nitrogens with zero attached hydrogens (tertiary/aromatic N) is 3. The molecule has 5 aliphatic heterocycles. The van der Waals surface area contributed by atoms with Crippen molar-refractivity contribution in [2.45, 2.75) is 93.4 Å². The van der Waals surface area contributed by atoms with Gasteiger partial charge in [0.1, 0.15) is 11.6 Å². The molecule has 10 rings (SSSR count). The maximum atomic E-state index is 14.4. The molecule has 0 saturated carbocycles. The monoisotopic (exact) mass is 1030 g/mol. The van der Waals surface area contributed by atoms with Gasteiger partial charge in [0.2, 0.25) is 21.8 Å². The number of imide groups is 1. The molecule has 5 amide bonds. The van der Waals surface area contributed by atoms with Crippen molar-refractivity contribution in [1.29, 1.82) is 0 Å². The molecule has 6 heterocycles. The number of hydrogen-bond acceptors (Lipinski definition) is 11. The van der Waals surface area contributed by atoms with Crippen molar-refractivity contribution < 1.29 is 65.3 Å². The molecule has 22 heteroatoms. The third-order valence-corrected chi connectivity index (χ3v) is 17.3. The summed E-state index contributed by atoms with van der Waals surface area (Å²) < 4.78 is 78.0. The summed E-state index contributed by atoms with van der Waals surface area (Å²) in [6.45, 7) is -0.282. The predicted octanol–water partition coefficient (Wildman–Crippen LogP) is 7.86. The Hall–Kier alpha value is -7.04. The van der Waals surface area contributed by atoms with Crippen LogP contribution >= 0.6 is 11.3 Å². The number of fused-ring (bicyclic) bond motifs is 2. The maximum Gasteiger partial charge on any atom is 0.421 e. The lowest BCUT2D eigenvalue weighted by Crippen LogP contribution is -2.53. The molecule has 3 unspecified atom stereocenters. The summed E-state index contributed by atoms with van der Waals surface area (Å²) in [5, 5.41) is 29.0. The largest absolute Gasteiger partial charge is 0.479 e. The van der Waals surface area contributed by atoms with E-state index >= 15 is 0 Å². The summed E-state index contributed by atoms with van der Waals surface area (Å²) in [6.07, 6.45) is -1.33. The number of carboxylic acid groups (broad SMARTS) is 2. The van der Waals surface area contributed by atoms with Gasteiger partial charge in [-0.05, 0) is 109 Å². The first kappa shape index (κ1) is 48.6. The topological polar surface area (TPSA) is 232 Å². The van der Waals surface area contributed by atoms with Gasteiger partial charge in [-0.3, -0.25) is 24.6 Å². The highest BCUT2D eigenvalue weighted by atomic mass is 32.2. The highest BCUT2D eigenvalue weighted by Crippen LogP contribution is 2.51. The number of urea groups is 1. The highest BCUT2D eigenvalue weighted by Gasteiger charge is 2.47. The number of aliphatic carboxylic acids is 1. The number of alkyl halides is 3. The number of amides is 5. The van der Waals surface area contributed by atoms with Crippen LogP contribution in [0.25, 0.3) is 21.2 Å². The average molecular weight is 1030 g/mol.